The third kappa shape index (κ3) is 5.10. The summed E-state index contributed by atoms with van der Waals surface area (Å²) in [6.07, 6.45) is 1.07. The molecule has 28 heavy (non-hydrogen) atoms. The fourth-order valence-electron chi connectivity index (χ4n) is 3.58. The van der Waals surface area contributed by atoms with Gasteiger partial charge in [0.1, 0.15) is 0 Å². The van der Waals surface area contributed by atoms with Crippen LogP contribution in [0, 0.1) is 5.92 Å². The van der Waals surface area contributed by atoms with E-state index in [4.69, 9.17) is 0 Å². The quantitative estimate of drug-likeness (QED) is 0.551. The third-order valence-corrected chi connectivity index (χ3v) is 5.01. The highest BCUT2D eigenvalue weighted by Crippen LogP contribution is 2.26. The Bertz CT molecular complexity index is 830. The molecular formula is C26H29NO. The van der Waals surface area contributed by atoms with Crippen LogP contribution in [0.25, 0.3) is 0 Å². The second-order valence-corrected chi connectivity index (χ2v) is 7.82. The molecule has 0 radical (unpaired) electrons. The Morgan fingerprint density at radius 1 is 0.714 bits per heavy atom. The lowest BCUT2D eigenvalue weighted by Gasteiger charge is -2.21. The lowest BCUT2D eigenvalue weighted by atomic mass is 9.90. The van der Waals surface area contributed by atoms with Gasteiger partial charge in [0, 0.05) is 0 Å². The Hall–Kier alpha value is -2.87. The molecule has 2 nitrogen and oxygen atoms in total. The van der Waals surface area contributed by atoms with Crippen LogP contribution in [0.5, 0.6) is 0 Å². The van der Waals surface area contributed by atoms with Crippen LogP contribution in [0.4, 0.5) is 0 Å². The van der Waals surface area contributed by atoms with Gasteiger partial charge in [-0.3, -0.25) is 4.79 Å². The fourth-order valence-corrected chi connectivity index (χ4v) is 3.58. The van der Waals surface area contributed by atoms with Crippen LogP contribution < -0.4 is 5.32 Å². The van der Waals surface area contributed by atoms with Crippen LogP contribution in [-0.2, 0) is 11.2 Å². The van der Waals surface area contributed by atoms with E-state index in [1.807, 2.05) is 67.6 Å². The van der Waals surface area contributed by atoms with Crippen molar-refractivity contribution in [2.75, 3.05) is 0 Å². The molecule has 0 bridgehead atoms. The number of rotatable bonds is 7. The molecule has 1 amide bonds. The highest BCUT2D eigenvalue weighted by Gasteiger charge is 2.24. The Morgan fingerprint density at radius 2 is 1.21 bits per heavy atom. The van der Waals surface area contributed by atoms with E-state index < -0.39 is 0 Å². The summed E-state index contributed by atoms with van der Waals surface area (Å²) in [5.74, 6) is 0.349. The first kappa shape index (κ1) is 19.9. The highest BCUT2D eigenvalue weighted by atomic mass is 16.1. The van der Waals surface area contributed by atoms with Crippen molar-refractivity contribution >= 4 is 5.91 Å². The van der Waals surface area contributed by atoms with Crippen molar-refractivity contribution in [2.24, 2.45) is 5.92 Å². The molecule has 3 rings (SSSR count). The van der Waals surface area contributed by atoms with Gasteiger partial charge < -0.3 is 5.32 Å². The molecule has 1 N–H and O–H groups in total. The van der Waals surface area contributed by atoms with Gasteiger partial charge in [-0.2, -0.15) is 0 Å². The smallest absolute Gasteiger partial charge is 0.232 e. The number of hydrogen-bond acceptors (Lipinski definition) is 1. The molecule has 0 aromatic heterocycles. The third-order valence-electron chi connectivity index (χ3n) is 5.01. The van der Waals surface area contributed by atoms with Crippen molar-refractivity contribution in [3.63, 3.8) is 0 Å². The number of nitrogens with one attached hydrogen (secondary N) is 1. The molecule has 0 fully saturated rings. The monoisotopic (exact) mass is 371 g/mol. The minimum absolute atomic E-state index is 0.0242. The summed E-state index contributed by atoms with van der Waals surface area (Å²) in [7, 11) is 0. The Balaban J connectivity index is 1.78. The summed E-state index contributed by atoms with van der Waals surface area (Å²) in [6, 6.07) is 28.5. The molecular weight excluding hydrogens is 342 g/mol. The van der Waals surface area contributed by atoms with E-state index in [0.29, 0.717) is 5.92 Å². The van der Waals surface area contributed by atoms with Crippen LogP contribution in [0.3, 0.4) is 0 Å². The first-order chi connectivity index (χ1) is 13.5. The average molecular weight is 372 g/mol. The van der Waals surface area contributed by atoms with E-state index in [1.165, 1.54) is 5.56 Å². The molecule has 2 heteroatoms. The summed E-state index contributed by atoms with van der Waals surface area (Å²) < 4.78 is 0. The Labute approximate surface area is 168 Å². The van der Waals surface area contributed by atoms with Gasteiger partial charge in [-0.15, -0.1) is 0 Å². The minimum atomic E-state index is -0.315. The maximum atomic E-state index is 13.2. The second kappa shape index (κ2) is 9.36. The maximum Gasteiger partial charge on any atom is 0.232 e. The molecule has 3 aromatic carbocycles. The van der Waals surface area contributed by atoms with Crippen molar-refractivity contribution in [3.05, 3.63) is 107 Å². The standard InChI is InChI=1S/C26H29NO/c1-19(2)18-21-14-16-22(17-15-21)20(3)27-26(28)25(23-10-6-4-7-11-23)24-12-8-5-9-13-24/h4-17,19-20,25H,18H2,1-3H3,(H,27,28)/t20-/m0/s1. The van der Waals surface area contributed by atoms with Gasteiger partial charge in [-0.25, -0.2) is 0 Å². The Morgan fingerprint density at radius 3 is 1.68 bits per heavy atom. The lowest BCUT2D eigenvalue weighted by Crippen LogP contribution is -2.32. The number of benzene rings is 3. The topological polar surface area (TPSA) is 29.1 Å². The minimum Gasteiger partial charge on any atom is -0.349 e. The maximum absolute atomic E-state index is 13.2. The molecule has 0 spiro atoms. The van der Waals surface area contributed by atoms with Crippen LogP contribution in [0.2, 0.25) is 0 Å². The normalized spacial score (nSPS) is 12.2. The van der Waals surface area contributed by atoms with Crippen molar-refractivity contribution in [3.8, 4) is 0 Å². The molecule has 144 valence electrons. The fraction of sp³-hybridized carbons (Fsp3) is 0.269. The largest absolute Gasteiger partial charge is 0.349 e. The molecule has 1 atom stereocenters. The van der Waals surface area contributed by atoms with Crippen molar-refractivity contribution in [1.29, 1.82) is 0 Å². The highest BCUT2D eigenvalue weighted by molar-refractivity contribution is 5.87. The van der Waals surface area contributed by atoms with E-state index in [1.54, 1.807) is 0 Å². The van der Waals surface area contributed by atoms with Crippen LogP contribution in [0.15, 0.2) is 84.9 Å². The number of carbonyl (C=O) groups is 1. The zero-order chi connectivity index (χ0) is 19.9. The van der Waals surface area contributed by atoms with Gasteiger partial charge in [0.05, 0.1) is 12.0 Å². The van der Waals surface area contributed by atoms with Gasteiger partial charge >= 0.3 is 0 Å². The van der Waals surface area contributed by atoms with Crippen LogP contribution >= 0.6 is 0 Å². The predicted molar refractivity (Wildman–Crippen MR) is 116 cm³/mol. The van der Waals surface area contributed by atoms with Gasteiger partial charge in [0.15, 0.2) is 0 Å². The van der Waals surface area contributed by atoms with E-state index in [9.17, 15) is 4.79 Å². The molecule has 0 heterocycles. The first-order valence-corrected chi connectivity index (χ1v) is 10.0. The molecule has 0 saturated heterocycles. The van der Waals surface area contributed by atoms with Crippen molar-refractivity contribution in [2.45, 2.75) is 39.2 Å². The van der Waals surface area contributed by atoms with Gasteiger partial charge in [0.25, 0.3) is 0 Å². The van der Waals surface area contributed by atoms with E-state index in [2.05, 4.69) is 43.4 Å². The molecule has 3 aromatic rings. The van der Waals surface area contributed by atoms with Gasteiger partial charge in [-0.05, 0) is 41.5 Å². The second-order valence-electron chi connectivity index (χ2n) is 7.82. The number of hydrogen-bond donors (Lipinski definition) is 1. The molecule has 0 saturated carbocycles. The summed E-state index contributed by atoms with van der Waals surface area (Å²) in [4.78, 5) is 13.2. The van der Waals surface area contributed by atoms with Gasteiger partial charge in [-0.1, -0.05) is 98.8 Å². The van der Waals surface area contributed by atoms with Crippen LogP contribution in [0.1, 0.15) is 55.0 Å². The van der Waals surface area contributed by atoms with Crippen LogP contribution in [-0.4, -0.2) is 5.91 Å². The van der Waals surface area contributed by atoms with Crippen molar-refractivity contribution in [1.82, 2.24) is 5.32 Å². The molecule has 0 aliphatic rings. The SMILES string of the molecule is CC(C)Cc1ccc([C@H](C)NC(=O)C(c2ccccc2)c2ccccc2)cc1. The summed E-state index contributed by atoms with van der Waals surface area (Å²) in [5, 5.41) is 3.21. The Kier molecular flexibility index (Phi) is 6.65. The summed E-state index contributed by atoms with van der Waals surface area (Å²) in [5.41, 5.74) is 4.47. The molecule has 0 aliphatic heterocycles. The zero-order valence-corrected chi connectivity index (χ0v) is 16.9. The zero-order valence-electron chi connectivity index (χ0n) is 16.9. The van der Waals surface area contributed by atoms with E-state index >= 15 is 0 Å². The summed E-state index contributed by atoms with van der Waals surface area (Å²) in [6.45, 7) is 6.50. The summed E-state index contributed by atoms with van der Waals surface area (Å²) >= 11 is 0. The lowest BCUT2D eigenvalue weighted by molar-refractivity contribution is -0.122. The van der Waals surface area contributed by atoms with Crippen molar-refractivity contribution < 1.29 is 4.79 Å². The first-order valence-electron chi connectivity index (χ1n) is 10.0. The molecule has 0 aliphatic carbocycles. The number of carbonyl (C=O) groups excluding carboxylic acids is 1. The van der Waals surface area contributed by atoms with Gasteiger partial charge in [0.2, 0.25) is 5.91 Å². The van der Waals surface area contributed by atoms with E-state index in [0.717, 1.165) is 23.1 Å². The molecule has 0 unspecified atom stereocenters. The number of amides is 1. The predicted octanol–water partition coefficient (Wildman–Crippen LogP) is 5.89. The van der Waals surface area contributed by atoms with E-state index in [-0.39, 0.29) is 17.9 Å². The average Bonchev–Trinajstić information content (AvgIpc) is 2.70.